The summed E-state index contributed by atoms with van der Waals surface area (Å²) in [5.41, 5.74) is 12.9. The number of rotatable bonds is 1. The molecule has 0 radical (unpaired) electrons. The van der Waals surface area contributed by atoms with Crippen molar-refractivity contribution >= 4 is 29.1 Å². The Morgan fingerprint density at radius 2 is 2.18 bits per heavy atom. The van der Waals surface area contributed by atoms with Crippen molar-refractivity contribution in [3.63, 3.8) is 0 Å². The third kappa shape index (κ3) is 4.11. The lowest BCUT2D eigenvalue weighted by Gasteiger charge is -2.32. The van der Waals surface area contributed by atoms with Gasteiger partial charge in [-0.2, -0.15) is 0 Å². The Kier molecular flexibility index (Phi) is 4.63. The predicted octanol–water partition coefficient (Wildman–Crippen LogP) is 2.28. The third-order valence-corrected chi connectivity index (χ3v) is 3.30. The second-order valence-corrected chi connectivity index (χ2v) is 6.74. The van der Waals surface area contributed by atoms with Gasteiger partial charge in [0, 0.05) is 30.9 Å². The Balaban J connectivity index is 2.24. The molecule has 1 atom stereocenters. The van der Waals surface area contributed by atoms with Crippen molar-refractivity contribution in [2.75, 3.05) is 18.8 Å². The van der Waals surface area contributed by atoms with E-state index in [1.165, 1.54) is 6.20 Å². The van der Waals surface area contributed by atoms with Gasteiger partial charge >= 0.3 is 6.09 Å². The van der Waals surface area contributed by atoms with Gasteiger partial charge in [-0.25, -0.2) is 9.78 Å². The van der Waals surface area contributed by atoms with Crippen molar-refractivity contribution in [3.8, 4) is 0 Å². The molecule has 1 amide bonds. The second kappa shape index (κ2) is 6.14. The molecule has 0 saturated carbocycles. The van der Waals surface area contributed by atoms with Gasteiger partial charge in [0.25, 0.3) is 0 Å². The first-order valence-electron chi connectivity index (χ1n) is 7.01. The van der Waals surface area contributed by atoms with E-state index in [-0.39, 0.29) is 6.04 Å². The molecular formula is C15H21ClN4O2. The predicted molar refractivity (Wildman–Crippen MR) is 87.4 cm³/mol. The first-order chi connectivity index (χ1) is 10.2. The fourth-order valence-electron chi connectivity index (χ4n) is 2.24. The van der Waals surface area contributed by atoms with Crippen LogP contribution in [0.1, 0.15) is 26.3 Å². The van der Waals surface area contributed by atoms with Crippen LogP contribution in [0.4, 0.5) is 10.6 Å². The van der Waals surface area contributed by atoms with E-state index in [0.717, 1.165) is 5.57 Å². The van der Waals surface area contributed by atoms with Gasteiger partial charge in [-0.3, -0.25) is 0 Å². The molecule has 1 aromatic rings. The minimum absolute atomic E-state index is 0.297. The van der Waals surface area contributed by atoms with E-state index in [1.807, 2.05) is 26.8 Å². The average molecular weight is 325 g/mol. The van der Waals surface area contributed by atoms with Crippen LogP contribution in [0, 0.1) is 0 Å². The molecule has 2 rings (SSSR count). The number of nitrogen functional groups attached to an aromatic ring is 1. The molecule has 6 nitrogen and oxygen atoms in total. The summed E-state index contributed by atoms with van der Waals surface area (Å²) >= 11 is 5.98. The van der Waals surface area contributed by atoms with Crippen molar-refractivity contribution in [3.05, 3.63) is 28.9 Å². The molecular weight excluding hydrogens is 304 g/mol. The van der Waals surface area contributed by atoms with E-state index in [2.05, 4.69) is 4.98 Å². The highest BCUT2D eigenvalue weighted by atomic mass is 35.5. The summed E-state index contributed by atoms with van der Waals surface area (Å²) in [6, 6.07) is 1.43. The molecule has 120 valence electrons. The van der Waals surface area contributed by atoms with E-state index < -0.39 is 11.7 Å². The lowest BCUT2D eigenvalue weighted by molar-refractivity contribution is 0.0265. The molecule has 0 aliphatic carbocycles. The van der Waals surface area contributed by atoms with Crippen LogP contribution in [-0.2, 0) is 4.74 Å². The van der Waals surface area contributed by atoms with Gasteiger partial charge in [-0.1, -0.05) is 17.7 Å². The van der Waals surface area contributed by atoms with Crippen LogP contribution in [-0.4, -0.2) is 40.7 Å². The number of carbonyl (C=O) groups is 1. The zero-order valence-electron chi connectivity index (χ0n) is 13.0. The number of hydrogen-bond acceptors (Lipinski definition) is 5. The molecule has 4 N–H and O–H groups in total. The highest BCUT2D eigenvalue weighted by Gasteiger charge is 2.28. The Morgan fingerprint density at radius 3 is 2.82 bits per heavy atom. The molecule has 2 heterocycles. The number of carbonyl (C=O) groups excluding carboxylic acids is 1. The number of aromatic nitrogens is 1. The number of amides is 1. The van der Waals surface area contributed by atoms with Gasteiger partial charge in [0.2, 0.25) is 0 Å². The molecule has 1 unspecified atom stereocenters. The van der Waals surface area contributed by atoms with Gasteiger partial charge in [0.05, 0.1) is 5.02 Å². The minimum atomic E-state index is -0.556. The zero-order valence-corrected chi connectivity index (χ0v) is 13.7. The maximum absolute atomic E-state index is 12.2. The average Bonchev–Trinajstić information content (AvgIpc) is 2.39. The fraction of sp³-hybridized carbons (Fsp3) is 0.467. The summed E-state index contributed by atoms with van der Waals surface area (Å²) in [6.45, 7) is 6.22. The maximum atomic E-state index is 12.2. The Morgan fingerprint density at radius 1 is 1.50 bits per heavy atom. The highest BCUT2D eigenvalue weighted by molar-refractivity contribution is 6.30. The van der Waals surface area contributed by atoms with Crippen LogP contribution in [0.3, 0.4) is 0 Å². The van der Waals surface area contributed by atoms with Crippen molar-refractivity contribution in [1.82, 2.24) is 9.88 Å². The van der Waals surface area contributed by atoms with E-state index in [4.69, 9.17) is 27.8 Å². The number of pyridine rings is 1. The summed E-state index contributed by atoms with van der Waals surface area (Å²) in [7, 11) is 0. The van der Waals surface area contributed by atoms with Crippen LogP contribution in [0.15, 0.2) is 18.3 Å². The van der Waals surface area contributed by atoms with E-state index in [1.54, 1.807) is 11.0 Å². The molecule has 1 aliphatic rings. The Hall–Kier alpha value is -1.79. The third-order valence-electron chi connectivity index (χ3n) is 3.09. The molecule has 0 bridgehead atoms. The monoisotopic (exact) mass is 324 g/mol. The lowest BCUT2D eigenvalue weighted by atomic mass is 10.00. The summed E-state index contributed by atoms with van der Waals surface area (Å²) in [5, 5.41) is 0.480. The lowest BCUT2D eigenvalue weighted by Crippen LogP contribution is -2.46. The summed E-state index contributed by atoms with van der Waals surface area (Å²) in [4.78, 5) is 17.8. The maximum Gasteiger partial charge on any atom is 0.410 e. The highest BCUT2D eigenvalue weighted by Crippen LogP contribution is 2.27. The molecule has 1 aromatic heterocycles. The van der Waals surface area contributed by atoms with Crippen LogP contribution in [0.25, 0.3) is 5.57 Å². The summed E-state index contributed by atoms with van der Waals surface area (Å²) < 4.78 is 5.39. The minimum Gasteiger partial charge on any atom is -0.444 e. The first-order valence-corrected chi connectivity index (χ1v) is 7.39. The van der Waals surface area contributed by atoms with Crippen molar-refractivity contribution < 1.29 is 9.53 Å². The number of anilines is 1. The Labute approximate surface area is 135 Å². The van der Waals surface area contributed by atoms with E-state index in [0.29, 0.717) is 29.5 Å². The van der Waals surface area contributed by atoms with Crippen LogP contribution >= 0.6 is 11.6 Å². The van der Waals surface area contributed by atoms with E-state index in [9.17, 15) is 4.79 Å². The SMILES string of the molecule is CC(C)(C)OC(=O)N1CC(c2cc(Cl)cnc2N)=CC(N)C1. The largest absolute Gasteiger partial charge is 0.444 e. The smallest absolute Gasteiger partial charge is 0.410 e. The van der Waals surface area contributed by atoms with Gasteiger partial charge in [0.15, 0.2) is 0 Å². The second-order valence-electron chi connectivity index (χ2n) is 6.30. The van der Waals surface area contributed by atoms with Gasteiger partial charge < -0.3 is 21.1 Å². The molecule has 7 heteroatoms. The molecule has 1 aliphatic heterocycles. The topological polar surface area (TPSA) is 94.5 Å². The zero-order chi connectivity index (χ0) is 16.5. The molecule has 0 aromatic carbocycles. The standard InChI is InChI=1S/C15H21ClN4O2/c1-15(2,3)22-14(21)20-7-9(4-11(17)8-20)12-5-10(16)6-19-13(12)18/h4-6,11H,7-8,17H2,1-3H3,(H2,18,19). The number of ether oxygens (including phenoxy) is 1. The number of hydrogen-bond donors (Lipinski definition) is 2. The van der Waals surface area contributed by atoms with Crippen LogP contribution in [0.5, 0.6) is 0 Å². The van der Waals surface area contributed by atoms with Gasteiger partial charge in [0.1, 0.15) is 11.4 Å². The fourth-order valence-corrected chi connectivity index (χ4v) is 2.39. The number of halogens is 1. The normalized spacial score (nSPS) is 18.9. The number of nitrogens with zero attached hydrogens (tertiary/aromatic N) is 2. The number of nitrogens with two attached hydrogens (primary N) is 2. The molecule has 0 fully saturated rings. The van der Waals surface area contributed by atoms with E-state index >= 15 is 0 Å². The first kappa shape index (κ1) is 16.6. The molecule has 0 spiro atoms. The summed E-state index contributed by atoms with van der Waals surface area (Å²) in [5.74, 6) is 0.355. The van der Waals surface area contributed by atoms with Crippen molar-refractivity contribution in [1.29, 1.82) is 0 Å². The summed E-state index contributed by atoms with van der Waals surface area (Å²) in [6.07, 6.45) is 2.96. The molecule has 0 saturated heterocycles. The Bertz CT molecular complexity index is 610. The van der Waals surface area contributed by atoms with Crippen molar-refractivity contribution in [2.24, 2.45) is 5.73 Å². The van der Waals surface area contributed by atoms with Crippen LogP contribution < -0.4 is 11.5 Å². The molecule has 22 heavy (non-hydrogen) atoms. The van der Waals surface area contributed by atoms with Gasteiger partial charge in [-0.05, 0) is 32.4 Å². The quantitative estimate of drug-likeness (QED) is 0.826. The van der Waals surface area contributed by atoms with Crippen LogP contribution in [0.2, 0.25) is 5.02 Å². The van der Waals surface area contributed by atoms with Gasteiger partial charge in [-0.15, -0.1) is 0 Å². The van der Waals surface area contributed by atoms with Crippen molar-refractivity contribution in [2.45, 2.75) is 32.4 Å².